The maximum Gasteiger partial charge on any atom is 0.307 e. The number of carbonyl (C=O) groups is 2. The average molecular weight is 407 g/mol. The number of hydrogen-bond donors (Lipinski definition) is 1. The minimum atomic E-state index is -3.61. The van der Waals surface area contributed by atoms with Gasteiger partial charge in [0.05, 0.1) is 16.7 Å². The average Bonchev–Trinajstić information content (AvgIpc) is 2.69. The van der Waals surface area contributed by atoms with Gasteiger partial charge in [-0.05, 0) is 49.9 Å². The third kappa shape index (κ3) is 3.98. The minimum Gasteiger partial charge on any atom is -0.481 e. The van der Waals surface area contributed by atoms with Gasteiger partial charge in [-0.15, -0.1) is 0 Å². The summed E-state index contributed by atoms with van der Waals surface area (Å²) in [6.45, 7) is 4.77. The number of nitrogens with zero attached hydrogens (tertiary/aromatic N) is 2. The maximum absolute atomic E-state index is 12.9. The molecule has 1 fully saturated rings. The van der Waals surface area contributed by atoms with Gasteiger partial charge in [0.25, 0.3) is 0 Å². The molecule has 1 saturated heterocycles. The summed E-state index contributed by atoms with van der Waals surface area (Å²) in [5, 5.41) is 9.38. The first-order chi connectivity index (χ1) is 13.2. The highest BCUT2D eigenvalue weighted by Crippen LogP contribution is 2.28. The van der Waals surface area contributed by atoms with Crippen molar-refractivity contribution in [3.05, 3.63) is 41.5 Å². The first kappa shape index (κ1) is 20.5. The zero-order chi connectivity index (χ0) is 20.5. The van der Waals surface area contributed by atoms with Crippen LogP contribution in [0.25, 0.3) is 0 Å². The molecule has 0 unspecified atom stereocenters. The highest BCUT2D eigenvalue weighted by Gasteiger charge is 2.38. The molecule has 0 saturated carbocycles. The van der Waals surface area contributed by atoms with Gasteiger partial charge in [-0.25, -0.2) is 8.42 Å². The molecule has 1 N–H and O–H groups in total. The predicted molar refractivity (Wildman–Crippen MR) is 104 cm³/mol. The topological polar surface area (TPSA) is 95.0 Å². The minimum absolute atomic E-state index is 0.194. The predicted octanol–water partition coefficient (Wildman–Crippen LogP) is 1.80. The van der Waals surface area contributed by atoms with E-state index in [4.69, 9.17) is 0 Å². The Morgan fingerprint density at radius 2 is 1.57 bits per heavy atom. The largest absolute Gasteiger partial charge is 0.481 e. The van der Waals surface area contributed by atoms with Gasteiger partial charge in [0.15, 0.2) is 0 Å². The summed E-state index contributed by atoms with van der Waals surface area (Å²) in [6, 6.07) is 5.08. The van der Waals surface area contributed by atoms with E-state index in [1.165, 1.54) is 4.31 Å². The molecule has 8 heteroatoms. The molecule has 1 amide bonds. The molecule has 3 rings (SSSR count). The molecule has 1 aromatic rings. The summed E-state index contributed by atoms with van der Waals surface area (Å²) in [7, 11) is -3.61. The summed E-state index contributed by atoms with van der Waals surface area (Å²) >= 11 is 0. The van der Waals surface area contributed by atoms with E-state index < -0.39 is 27.8 Å². The van der Waals surface area contributed by atoms with Crippen molar-refractivity contribution in [2.24, 2.45) is 11.8 Å². The molecule has 7 nitrogen and oxygen atoms in total. The second kappa shape index (κ2) is 8.05. The normalized spacial score (nSPS) is 23.6. The van der Waals surface area contributed by atoms with Gasteiger partial charge < -0.3 is 10.0 Å². The van der Waals surface area contributed by atoms with E-state index in [0.717, 1.165) is 11.1 Å². The van der Waals surface area contributed by atoms with Crippen LogP contribution in [0.15, 0.2) is 35.2 Å². The van der Waals surface area contributed by atoms with Crippen molar-refractivity contribution in [3.63, 3.8) is 0 Å². The lowest BCUT2D eigenvalue weighted by Crippen LogP contribution is -2.53. The number of aliphatic carboxylic acids is 1. The maximum atomic E-state index is 12.9. The fourth-order valence-corrected chi connectivity index (χ4v) is 5.27. The Kier molecular flexibility index (Phi) is 5.90. The highest BCUT2D eigenvalue weighted by molar-refractivity contribution is 7.89. The number of sulfonamides is 1. The van der Waals surface area contributed by atoms with Crippen LogP contribution in [0.3, 0.4) is 0 Å². The van der Waals surface area contributed by atoms with Crippen LogP contribution < -0.4 is 0 Å². The Balaban J connectivity index is 1.68. The van der Waals surface area contributed by atoms with E-state index in [1.54, 1.807) is 29.2 Å². The first-order valence-electron chi connectivity index (χ1n) is 9.46. The third-order valence-electron chi connectivity index (χ3n) is 5.73. The third-order valence-corrected chi connectivity index (χ3v) is 7.63. The number of carboxylic acids is 1. The van der Waals surface area contributed by atoms with Crippen LogP contribution in [0.1, 0.15) is 24.0 Å². The second-order valence-corrected chi connectivity index (χ2v) is 9.41. The van der Waals surface area contributed by atoms with Gasteiger partial charge in [-0.2, -0.15) is 4.31 Å². The number of aryl methyl sites for hydroxylation is 2. The van der Waals surface area contributed by atoms with Crippen LogP contribution in [0.4, 0.5) is 0 Å². The van der Waals surface area contributed by atoms with E-state index in [-0.39, 0.29) is 37.0 Å². The number of benzene rings is 1. The van der Waals surface area contributed by atoms with Gasteiger partial charge in [0.2, 0.25) is 15.9 Å². The van der Waals surface area contributed by atoms with Crippen LogP contribution in [-0.2, 0) is 19.6 Å². The highest BCUT2D eigenvalue weighted by atomic mass is 32.2. The molecule has 0 radical (unpaired) electrons. The number of rotatable bonds is 4. The summed E-state index contributed by atoms with van der Waals surface area (Å²) in [5.41, 5.74) is 1.95. The van der Waals surface area contributed by atoms with Crippen molar-refractivity contribution >= 4 is 21.9 Å². The monoisotopic (exact) mass is 406 g/mol. The SMILES string of the molecule is Cc1ccc(S(=O)(=O)N2CCN(C(=O)[C@H]3CC=CC[C@@H]3C(=O)O)CC2)cc1C. The summed E-state index contributed by atoms with van der Waals surface area (Å²) in [6.07, 6.45) is 4.42. The lowest BCUT2D eigenvalue weighted by atomic mass is 9.82. The van der Waals surface area contributed by atoms with E-state index in [9.17, 15) is 23.1 Å². The summed E-state index contributed by atoms with van der Waals surface area (Å²) in [5.74, 6) is -2.45. The molecule has 2 aliphatic rings. The molecule has 1 aliphatic carbocycles. The molecule has 2 atom stereocenters. The smallest absolute Gasteiger partial charge is 0.307 e. The summed E-state index contributed by atoms with van der Waals surface area (Å²) < 4.78 is 27.2. The van der Waals surface area contributed by atoms with Gasteiger partial charge >= 0.3 is 5.97 Å². The molecule has 1 aliphatic heterocycles. The second-order valence-electron chi connectivity index (χ2n) is 7.47. The molecule has 0 spiro atoms. The van der Waals surface area contributed by atoms with Crippen molar-refractivity contribution < 1.29 is 23.1 Å². The van der Waals surface area contributed by atoms with E-state index in [2.05, 4.69) is 0 Å². The molecular weight excluding hydrogens is 380 g/mol. The van der Waals surface area contributed by atoms with Crippen LogP contribution >= 0.6 is 0 Å². The van der Waals surface area contributed by atoms with Gasteiger partial charge in [0.1, 0.15) is 0 Å². The lowest BCUT2D eigenvalue weighted by Gasteiger charge is -2.37. The van der Waals surface area contributed by atoms with Gasteiger partial charge in [-0.1, -0.05) is 18.2 Å². The zero-order valence-corrected chi connectivity index (χ0v) is 17.0. The Morgan fingerprint density at radius 1 is 0.964 bits per heavy atom. The Bertz CT molecular complexity index is 901. The Labute approximate surface area is 165 Å². The standard InChI is InChI=1S/C20H26N2O5S/c1-14-7-8-16(13-15(14)2)28(26,27)22-11-9-21(10-12-22)19(23)17-5-3-4-6-18(17)20(24)25/h3-4,7-8,13,17-18H,5-6,9-12H2,1-2H3,(H,24,25)/t17-,18-/m0/s1. The van der Waals surface area contributed by atoms with E-state index in [1.807, 2.05) is 19.9 Å². The molecule has 152 valence electrons. The molecule has 1 heterocycles. The number of carbonyl (C=O) groups excluding carboxylic acids is 1. The van der Waals surface area contributed by atoms with Crippen LogP contribution in [0.5, 0.6) is 0 Å². The fraction of sp³-hybridized carbons (Fsp3) is 0.500. The van der Waals surface area contributed by atoms with Gasteiger partial charge in [-0.3, -0.25) is 9.59 Å². The Morgan fingerprint density at radius 3 is 2.14 bits per heavy atom. The molecule has 1 aromatic carbocycles. The number of amides is 1. The van der Waals surface area contributed by atoms with Crippen molar-refractivity contribution in [2.75, 3.05) is 26.2 Å². The number of piperazine rings is 1. The molecular formula is C20H26N2O5S. The number of hydrogen-bond acceptors (Lipinski definition) is 4. The number of allylic oxidation sites excluding steroid dienone is 2. The lowest BCUT2D eigenvalue weighted by molar-refractivity contribution is -0.151. The van der Waals surface area contributed by atoms with Gasteiger partial charge in [0, 0.05) is 26.2 Å². The Hall–Kier alpha value is -2.19. The zero-order valence-electron chi connectivity index (χ0n) is 16.2. The first-order valence-corrected chi connectivity index (χ1v) is 10.9. The van der Waals surface area contributed by atoms with Crippen molar-refractivity contribution in [3.8, 4) is 0 Å². The van der Waals surface area contributed by atoms with Crippen LogP contribution in [0.2, 0.25) is 0 Å². The quantitative estimate of drug-likeness (QED) is 0.770. The van der Waals surface area contributed by atoms with E-state index in [0.29, 0.717) is 12.8 Å². The molecule has 0 aromatic heterocycles. The van der Waals surface area contributed by atoms with Crippen molar-refractivity contribution in [1.29, 1.82) is 0 Å². The molecule has 0 bridgehead atoms. The fourth-order valence-electron chi connectivity index (χ4n) is 3.77. The number of carboxylic acid groups (broad SMARTS) is 1. The van der Waals surface area contributed by atoms with Crippen molar-refractivity contribution in [1.82, 2.24) is 9.21 Å². The van der Waals surface area contributed by atoms with E-state index >= 15 is 0 Å². The van der Waals surface area contributed by atoms with Crippen LogP contribution in [0, 0.1) is 25.7 Å². The molecule has 28 heavy (non-hydrogen) atoms. The summed E-state index contributed by atoms with van der Waals surface area (Å²) in [4.78, 5) is 26.2. The van der Waals surface area contributed by atoms with Crippen LogP contribution in [-0.4, -0.2) is 60.8 Å². The van der Waals surface area contributed by atoms with Crippen molar-refractivity contribution in [2.45, 2.75) is 31.6 Å².